The Morgan fingerprint density at radius 1 is 1.41 bits per heavy atom. The smallest absolute Gasteiger partial charge is 0.307 e. The van der Waals surface area contributed by atoms with Gasteiger partial charge in [-0.25, -0.2) is 0 Å². The number of carboxylic acid groups (broad SMARTS) is 1. The van der Waals surface area contributed by atoms with E-state index < -0.39 is 5.97 Å². The molecule has 4 nitrogen and oxygen atoms in total. The molecule has 0 aliphatic heterocycles. The number of nitrogens with zero attached hydrogens (tertiary/aromatic N) is 2. The van der Waals surface area contributed by atoms with Crippen molar-refractivity contribution in [2.45, 2.75) is 57.9 Å². The fraction of sp³-hybridized carbons (Fsp3) is 0.692. The van der Waals surface area contributed by atoms with E-state index in [9.17, 15) is 4.79 Å². The maximum absolute atomic E-state index is 10.7. The van der Waals surface area contributed by atoms with E-state index in [-0.39, 0.29) is 6.42 Å². The zero-order chi connectivity index (χ0) is 12.3. The Morgan fingerprint density at radius 2 is 2.06 bits per heavy atom. The molecule has 1 saturated carbocycles. The highest BCUT2D eigenvalue weighted by Crippen LogP contribution is 2.28. The minimum absolute atomic E-state index is 0.0819. The van der Waals surface area contributed by atoms with Crippen LogP contribution in [0.25, 0.3) is 0 Å². The summed E-state index contributed by atoms with van der Waals surface area (Å²) in [5.74, 6) is -0.784. The molecule has 4 heteroatoms. The van der Waals surface area contributed by atoms with Crippen molar-refractivity contribution in [2.75, 3.05) is 0 Å². The Kier molecular flexibility index (Phi) is 3.82. The number of hydrogen-bond donors (Lipinski definition) is 1. The fourth-order valence-electron chi connectivity index (χ4n) is 2.67. The Labute approximate surface area is 102 Å². The Hall–Kier alpha value is -1.32. The minimum atomic E-state index is -0.784. The van der Waals surface area contributed by atoms with E-state index in [1.54, 1.807) is 6.20 Å². The molecule has 0 aromatic carbocycles. The zero-order valence-electron chi connectivity index (χ0n) is 10.4. The first-order chi connectivity index (χ1) is 8.18. The normalized spacial score (nSPS) is 17.9. The van der Waals surface area contributed by atoms with Gasteiger partial charge in [-0.3, -0.25) is 9.48 Å². The molecule has 2 rings (SSSR count). The Bertz CT molecular complexity index is 390. The number of rotatable bonds is 3. The lowest BCUT2D eigenvalue weighted by molar-refractivity contribution is -0.136. The van der Waals surface area contributed by atoms with Crippen LogP contribution in [0.2, 0.25) is 0 Å². The summed E-state index contributed by atoms with van der Waals surface area (Å²) in [5.41, 5.74) is 1.88. The predicted octanol–water partition coefficient (Wildman–Crippen LogP) is 2.71. The van der Waals surface area contributed by atoms with E-state index >= 15 is 0 Å². The van der Waals surface area contributed by atoms with E-state index in [1.165, 1.54) is 38.5 Å². The molecule has 0 saturated heterocycles. The van der Waals surface area contributed by atoms with Crippen LogP contribution in [0.4, 0.5) is 0 Å². The summed E-state index contributed by atoms with van der Waals surface area (Å²) in [6.45, 7) is 1.98. The largest absolute Gasteiger partial charge is 0.481 e. The molecule has 1 aliphatic rings. The van der Waals surface area contributed by atoms with Crippen LogP contribution in [-0.4, -0.2) is 20.9 Å². The van der Waals surface area contributed by atoms with Crippen LogP contribution in [-0.2, 0) is 11.2 Å². The number of aromatic nitrogens is 2. The number of carbonyl (C=O) groups is 1. The molecule has 1 aromatic heterocycles. The van der Waals surface area contributed by atoms with E-state index in [4.69, 9.17) is 5.11 Å². The van der Waals surface area contributed by atoms with Gasteiger partial charge in [0, 0.05) is 11.3 Å². The zero-order valence-corrected chi connectivity index (χ0v) is 10.4. The number of aliphatic carboxylic acids is 1. The summed E-state index contributed by atoms with van der Waals surface area (Å²) in [4.78, 5) is 10.7. The van der Waals surface area contributed by atoms with Gasteiger partial charge in [0.05, 0.1) is 18.7 Å². The molecule has 94 valence electrons. The molecule has 1 aliphatic carbocycles. The SMILES string of the molecule is Cc1c(CC(=O)O)cnn1C1CCCCCC1. The topological polar surface area (TPSA) is 55.1 Å². The van der Waals surface area contributed by atoms with Gasteiger partial charge in [-0.15, -0.1) is 0 Å². The molecule has 0 atom stereocenters. The summed E-state index contributed by atoms with van der Waals surface area (Å²) in [6.07, 6.45) is 9.31. The molecule has 0 bridgehead atoms. The highest BCUT2D eigenvalue weighted by molar-refractivity contribution is 5.70. The van der Waals surface area contributed by atoms with Crippen molar-refractivity contribution in [1.82, 2.24) is 9.78 Å². The molecule has 1 N–H and O–H groups in total. The van der Waals surface area contributed by atoms with E-state index in [0.29, 0.717) is 6.04 Å². The highest BCUT2D eigenvalue weighted by atomic mass is 16.4. The third kappa shape index (κ3) is 2.87. The van der Waals surface area contributed by atoms with Crippen molar-refractivity contribution in [3.05, 3.63) is 17.5 Å². The summed E-state index contributed by atoms with van der Waals surface area (Å²) >= 11 is 0. The molecule has 17 heavy (non-hydrogen) atoms. The van der Waals surface area contributed by atoms with Crippen molar-refractivity contribution < 1.29 is 9.90 Å². The quantitative estimate of drug-likeness (QED) is 0.821. The molecule has 1 aromatic rings. The van der Waals surface area contributed by atoms with E-state index in [0.717, 1.165) is 11.3 Å². The van der Waals surface area contributed by atoms with Gasteiger partial charge in [-0.05, 0) is 19.8 Å². The summed E-state index contributed by atoms with van der Waals surface area (Å²) < 4.78 is 2.05. The lowest BCUT2D eigenvalue weighted by Gasteiger charge is -2.16. The maximum Gasteiger partial charge on any atom is 0.307 e. The van der Waals surface area contributed by atoms with Gasteiger partial charge in [0.2, 0.25) is 0 Å². The molecule has 1 heterocycles. The van der Waals surface area contributed by atoms with Crippen LogP contribution >= 0.6 is 0 Å². The standard InChI is InChI=1S/C13H20N2O2/c1-10-11(8-13(16)17)9-14-15(10)12-6-4-2-3-5-7-12/h9,12H,2-8H2,1H3,(H,16,17). The second-order valence-corrected chi connectivity index (χ2v) is 4.92. The molecule has 0 spiro atoms. The minimum Gasteiger partial charge on any atom is -0.481 e. The van der Waals surface area contributed by atoms with Gasteiger partial charge in [0.25, 0.3) is 0 Å². The molecule has 0 radical (unpaired) electrons. The Balaban J connectivity index is 2.14. The van der Waals surface area contributed by atoms with Crippen LogP contribution in [0, 0.1) is 6.92 Å². The first-order valence-corrected chi connectivity index (χ1v) is 6.43. The number of hydrogen-bond acceptors (Lipinski definition) is 2. The first kappa shape index (κ1) is 12.1. The lowest BCUT2D eigenvalue weighted by Crippen LogP contribution is -2.12. The number of carboxylic acids is 1. The summed E-state index contributed by atoms with van der Waals surface area (Å²) in [7, 11) is 0. The monoisotopic (exact) mass is 236 g/mol. The molecule has 0 unspecified atom stereocenters. The first-order valence-electron chi connectivity index (χ1n) is 6.43. The average molecular weight is 236 g/mol. The molecule has 1 fully saturated rings. The van der Waals surface area contributed by atoms with Crippen molar-refractivity contribution >= 4 is 5.97 Å². The van der Waals surface area contributed by atoms with Crippen molar-refractivity contribution in [2.24, 2.45) is 0 Å². The van der Waals surface area contributed by atoms with Crippen molar-refractivity contribution in [1.29, 1.82) is 0 Å². The second-order valence-electron chi connectivity index (χ2n) is 4.92. The third-order valence-corrected chi connectivity index (χ3v) is 3.66. The highest BCUT2D eigenvalue weighted by Gasteiger charge is 2.18. The van der Waals surface area contributed by atoms with Crippen LogP contribution in [0.15, 0.2) is 6.20 Å². The van der Waals surface area contributed by atoms with E-state index in [1.807, 2.05) is 11.6 Å². The van der Waals surface area contributed by atoms with Gasteiger partial charge < -0.3 is 5.11 Å². The second kappa shape index (κ2) is 5.34. The summed E-state index contributed by atoms with van der Waals surface area (Å²) in [5, 5.41) is 13.2. The van der Waals surface area contributed by atoms with Crippen molar-refractivity contribution in [3.63, 3.8) is 0 Å². The third-order valence-electron chi connectivity index (χ3n) is 3.66. The molecular formula is C13H20N2O2. The van der Waals surface area contributed by atoms with Crippen LogP contribution in [0.5, 0.6) is 0 Å². The van der Waals surface area contributed by atoms with Crippen molar-refractivity contribution in [3.8, 4) is 0 Å². The van der Waals surface area contributed by atoms with Gasteiger partial charge >= 0.3 is 5.97 Å². The van der Waals surface area contributed by atoms with Gasteiger partial charge in [-0.2, -0.15) is 5.10 Å². The molecule has 0 amide bonds. The van der Waals surface area contributed by atoms with Gasteiger partial charge in [0.15, 0.2) is 0 Å². The van der Waals surface area contributed by atoms with Gasteiger partial charge in [0.1, 0.15) is 0 Å². The van der Waals surface area contributed by atoms with Crippen LogP contribution in [0.3, 0.4) is 0 Å². The molecular weight excluding hydrogens is 216 g/mol. The van der Waals surface area contributed by atoms with E-state index in [2.05, 4.69) is 5.10 Å². The predicted molar refractivity (Wildman–Crippen MR) is 65.0 cm³/mol. The lowest BCUT2D eigenvalue weighted by atomic mass is 10.1. The maximum atomic E-state index is 10.7. The average Bonchev–Trinajstić information content (AvgIpc) is 2.55. The van der Waals surface area contributed by atoms with Gasteiger partial charge in [-0.1, -0.05) is 25.7 Å². The van der Waals surface area contributed by atoms with Crippen LogP contribution in [0.1, 0.15) is 55.8 Å². The Morgan fingerprint density at radius 3 is 2.65 bits per heavy atom. The van der Waals surface area contributed by atoms with Crippen LogP contribution < -0.4 is 0 Å². The summed E-state index contributed by atoms with van der Waals surface area (Å²) in [6, 6.07) is 0.472. The fourth-order valence-corrected chi connectivity index (χ4v) is 2.67.